The number of allylic oxidation sites excluding steroid dienone is 1. The molecule has 0 fully saturated rings. The molecule has 0 heterocycles. The maximum Gasteiger partial charge on any atom is 0.0689 e. The van der Waals surface area contributed by atoms with E-state index in [1.165, 1.54) is 6.16 Å². The van der Waals surface area contributed by atoms with Gasteiger partial charge in [-0.15, -0.1) is 14.7 Å². The third-order valence-corrected chi connectivity index (χ3v) is 6.12. The van der Waals surface area contributed by atoms with Crippen LogP contribution in [-0.2, 0) is 0 Å². The molecule has 2 heteroatoms. The van der Waals surface area contributed by atoms with Crippen molar-refractivity contribution < 1.29 is 0 Å². The molecule has 0 amide bonds. The summed E-state index contributed by atoms with van der Waals surface area (Å²) in [7, 11) is 0.441. The van der Waals surface area contributed by atoms with Gasteiger partial charge in [-0.3, -0.25) is 0 Å². The van der Waals surface area contributed by atoms with Crippen molar-refractivity contribution in [2.75, 3.05) is 6.16 Å². The first-order chi connectivity index (χ1) is 3.56. The van der Waals surface area contributed by atoms with Crippen LogP contribution in [0, 0.1) is 0 Å². The third-order valence-electron chi connectivity index (χ3n) is 0.777. The summed E-state index contributed by atoms with van der Waals surface area (Å²) in [6.07, 6.45) is 3.26. The van der Waals surface area contributed by atoms with E-state index < -0.39 is 7.74 Å². The lowest BCUT2D eigenvalue weighted by Gasteiger charge is -2.13. The molecule has 0 radical (unpaired) electrons. The Morgan fingerprint density at radius 3 is 2.12 bits per heavy atom. The molecular formula is C6H15PSi. The molecule has 0 aliphatic carbocycles. The second-order valence-corrected chi connectivity index (χ2v) is 13.7. The largest absolute Gasteiger partial charge is 0.130 e. The lowest BCUT2D eigenvalue weighted by atomic mass is 10.8. The van der Waals surface area contributed by atoms with E-state index in [1.807, 2.05) is 6.08 Å². The van der Waals surface area contributed by atoms with Gasteiger partial charge in [0.15, 0.2) is 0 Å². The molecule has 1 atom stereocenters. The van der Waals surface area contributed by atoms with E-state index in [0.717, 1.165) is 8.13 Å². The van der Waals surface area contributed by atoms with E-state index in [2.05, 4.69) is 26.2 Å². The highest BCUT2D eigenvalue weighted by Crippen LogP contribution is 2.25. The summed E-state index contributed by atoms with van der Waals surface area (Å²) in [6.45, 7) is 10.9. The quantitative estimate of drug-likeness (QED) is 0.326. The molecule has 0 aliphatic rings. The van der Waals surface area contributed by atoms with Crippen LogP contribution in [0.2, 0.25) is 19.6 Å². The van der Waals surface area contributed by atoms with E-state index in [1.54, 1.807) is 0 Å². The molecule has 8 heavy (non-hydrogen) atoms. The van der Waals surface area contributed by atoms with Crippen LogP contribution in [0.4, 0.5) is 0 Å². The highest BCUT2D eigenvalue weighted by atomic mass is 31.3. The van der Waals surface area contributed by atoms with E-state index in [-0.39, 0.29) is 0 Å². The van der Waals surface area contributed by atoms with E-state index >= 15 is 0 Å². The summed E-state index contributed by atoms with van der Waals surface area (Å²) >= 11 is 0. The van der Waals surface area contributed by atoms with Gasteiger partial charge in [0.05, 0.1) is 7.74 Å². The summed E-state index contributed by atoms with van der Waals surface area (Å²) in [4.78, 5) is 0. The monoisotopic (exact) mass is 146 g/mol. The highest BCUT2D eigenvalue weighted by Gasteiger charge is 2.09. The average Bonchev–Trinajstić information content (AvgIpc) is 1.59. The summed E-state index contributed by atoms with van der Waals surface area (Å²) in [5.74, 6) is 0. The van der Waals surface area contributed by atoms with Crippen LogP contribution in [-0.4, -0.2) is 13.9 Å². The maximum absolute atomic E-state index is 3.69. The molecular weight excluding hydrogens is 131 g/mol. The molecule has 0 nitrogen and oxygen atoms in total. The predicted molar refractivity (Wildman–Crippen MR) is 46.7 cm³/mol. The van der Waals surface area contributed by atoms with E-state index in [0.29, 0.717) is 0 Å². The van der Waals surface area contributed by atoms with Gasteiger partial charge in [0, 0.05) is 0 Å². The summed E-state index contributed by atoms with van der Waals surface area (Å²) < 4.78 is 0. The molecule has 0 bridgehead atoms. The van der Waals surface area contributed by atoms with Crippen LogP contribution < -0.4 is 0 Å². The van der Waals surface area contributed by atoms with E-state index in [9.17, 15) is 0 Å². The molecule has 48 valence electrons. The predicted octanol–water partition coefficient (Wildman–Crippen LogP) is 2.69. The fourth-order valence-corrected chi connectivity index (χ4v) is 3.41. The first-order valence-corrected chi connectivity index (χ1v) is 8.63. The second-order valence-electron chi connectivity index (χ2n) is 2.92. The van der Waals surface area contributed by atoms with Crippen LogP contribution in [0.1, 0.15) is 0 Å². The van der Waals surface area contributed by atoms with Crippen molar-refractivity contribution >= 4 is 15.9 Å². The van der Waals surface area contributed by atoms with Gasteiger partial charge in [0.1, 0.15) is 0 Å². The zero-order valence-corrected chi connectivity index (χ0v) is 7.99. The Bertz CT molecular complexity index is 73.1. The molecule has 0 aromatic heterocycles. The molecule has 0 aromatic carbocycles. The highest BCUT2D eigenvalue weighted by molar-refractivity contribution is 7.81. The number of hydrogen-bond donors (Lipinski definition) is 0. The van der Waals surface area contributed by atoms with Gasteiger partial charge in [0.2, 0.25) is 0 Å². The Morgan fingerprint density at radius 2 is 2.00 bits per heavy atom. The van der Waals surface area contributed by atoms with Crippen LogP contribution in [0.5, 0.6) is 0 Å². The normalized spacial score (nSPS) is 12.9. The van der Waals surface area contributed by atoms with Crippen molar-refractivity contribution in [3.8, 4) is 0 Å². The first-order valence-electron chi connectivity index (χ1n) is 2.92. The fraction of sp³-hybridized carbons (Fsp3) is 0.667. The average molecular weight is 146 g/mol. The van der Waals surface area contributed by atoms with Gasteiger partial charge in [0.25, 0.3) is 0 Å². The van der Waals surface area contributed by atoms with Crippen LogP contribution in [0.3, 0.4) is 0 Å². The molecule has 0 saturated carbocycles. The fourth-order valence-electron chi connectivity index (χ4n) is 0.378. The van der Waals surface area contributed by atoms with Gasteiger partial charge in [-0.05, 0) is 6.16 Å². The van der Waals surface area contributed by atoms with Gasteiger partial charge in [-0.25, -0.2) is 0 Å². The minimum Gasteiger partial charge on any atom is -0.130 e. The molecule has 0 spiro atoms. The minimum atomic E-state index is -0.722. The molecule has 1 unspecified atom stereocenters. The Hall–Kier alpha value is 0.387. The lowest BCUT2D eigenvalue weighted by molar-refractivity contribution is 1.78. The number of rotatable bonds is 3. The van der Waals surface area contributed by atoms with Gasteiger partial charge in [-0.1, -0.05) is 25.7 Å². The van der Waals surface area contributed by atoms with Crippen LogP contribution >= 0.6 is 8.13 Å². The van der Waals surface area contributed by atoms with Gasteiger partial charge >= 0.3 is 0 Å². The summed E-state index contributed by atoms with van der Waals surface area (Å²) in [6, 6.07) is 0. The van der Waals surface area contributed by atoms with Crippen molar-refractivity contribution in [1.29, 1.82) is 0 Å². The smallest absolute Gasteiger partial charge is 0.0689 e. The zero-order chi connectivity index (χ0) is 6.62. The van der Waals surface area contributed by atoms with Crippen molar-refractivity contribution in [2.45, 2.75) is 19.6 Å². The summed E-state index contributed by atoms with van der Waals surface area (Å²) in [5, 5.41) is 0. The molecule has 0 saturated heterocycles. The van der Waals surface area contributed by atoms with Gasteiger partial charge < -0.3 is 0 Å². The van der Waals surface area contributed by atoms with Crippen molar-refractivity contribution in [3.05, 3.63) is 12.7 Å². The Labute approximate surface area is 55.0 Å². The molecule has 0 aromatic rings. The van der Waals surface area contributed by atoms with Crippen LogP contribution in [0.25, 0.3) is 0 Å². The molecule has 0 aliphatic heterocycles. The van der Waals surface area contributed by atoms with Crippen molar-refractivity contribution in [2.24, 2.45) is 0 Å². The SMILES string of the molecule is C=CCP[Si](C)(C)C. The third kappa shape index (κ3) is 6.39. The Balaban J connectivity index is 3.24. The topological polar surface area (TPSA) is 0 Å². The second kappa shape index (κ2) is 3.42. The first kappa shape index (κ1) is 8.39. The molecule has 0 rings (SSSR count). The Morgan fingerprint density at radius 1 is 1.50 bits per heavy atom. The summed E-state index contributed by atoms with van der Waals surface area (Å²) in [5.41, 5.74) is 0. The Kier molecular flexibility index (Phi) is 3.59. The zero-order valence-electron chi connectivity index (χ0n) is 5.99. The minimum absolute atomic E-state index is 0.722. The van der Waals surface area contributed by atoms with E-state index in [4.69, 9.17) is 0 Å². The molecule has 0 N–H and O–H groups in total. The number of hydrogen-bond acceptors (Lipinski definition) is 0. The lowest BCUT2D eigenvalue weighted by Crippen LogP contribution is -2.11. The maximum atomic E-state index is 3.69. The van der Waals surface area contributed by atoms with Crippen molar-refractivity contribution in [3.63, 3.8) is 0 Å². The van der Waals surface area contributed by atoms with Crippen molar-refractivity contribution in [1.82, 2.24) is 0 Å². The van der Waals surface area contributed by atoms with Crippen LogP contribution in [0.15, 0.2) is 12.7 Å². The van der Waals surface area contributed by atoms with Gasteiger partial charge in [-0.2, -0.15) is 0 Å². The standard InChI is InChI=1S/C6H15PSi/c1-5-6-7-8(2,3)4/h5,7H,1,6H2,2-4H3.